The lowest BCUT2D eigenvalue weighted by atomic mass is 10.1. The van der Waals surface area contributed by atoms with Crippen molar-refractivity contribution in [1.29, 1.82) is 0 Å². The molecule has 4 heteroatoms. The van der Waals surface area contributed by atoms with E-state index in [0.29, 0.717) is 12.0 Å². The maximum absolute atomic E-state index is 11.9. The topological polar surface area (TPSA) is 41.1 Å². The molecule has 18 heavy (non-hydrogen) atoms. The van der Waals surface area contributed by atoms with Gasteiger partial charge in [-0.1, -0.05) is 6.07 Å². The van der Waals surface area contributed by atoms with Gasteiger partial charge in [0.25, 0.3) is 0 Å². The zero-order chi connectivity index (χ0) is 13.1. The Kier molecular flexibility index (Phi) is 4.40. The molecule has 0 radical (unpaired) electrons. The van der Waals surface area contributed by atoms with Gasteiger partial charge in [0.05, 0.1) is 6.04 Å². The van der Waals surface area contributed by atoms with E-state index < -0.39 is 0 Å². The van der Waals surface area contributed by atoms with E-state index >= 15 is 0 Å². The average Bonchev–Trinajstić information content (AvgIpc) is 2.99. The fraction of sp³-hybridized carbons (Fsp3) is 0.643. The largest absolute Gasteiger partial charge is 0.353 e. The number of hydrogen-bond acceptors (Lipinski definition) is 3. The number of thiophene rings is 1. The zero-order valence-corrected chi connectivity index (χ0v) is 12.1. The minimum Gasteiger partial charge on any atom is -0.353 e. The van der Waals surface area contributed by atoms with E-state index in [1.807, 2.05) is 20.8 Å². The number of rotatable bonds is 6. The fourth-order valence-corrected chi connectivity index (χ4v) is 2.98. The van der Waals surface area contributed by atoms with Gasteiger partial charge >= 0.3 is 0 Å². The molecule has 2 unspecified atom stereocenters. The minimum atomic E-state index is -0.139. The molecule has 0 bridgehead atoms. The molecule has 1 aromatic rings. The lowest BCUT2D eigenvalue weighted by Gasteiger charge is -2.22. The van der Waals surface area contributed by atoms with E-state index in [9.17, 15) is 4.79 Å². The normalized spacial score (nSPS) is 18.7. The molecule has 2 N–H and O–H groups in total. The summed E-state index contributed by atoms with van der Waals surface area (Å²) < 4.78 is 0. The van der Waals surface area contributed by atoms with Crippen LogP contribution in [-0.4, -0.2) is 18.0 Å². The summed E-state index contributed by atoms with van der Waals surface area (Å²) in [5.41, 5.74) is 0. The Bertz CT molecular complexity index is 385. The van der Waals surface area contributed by atoms with Crippen molar-refractivity contribution in [2.75, 3.05) is 0 Å². The molecule has 1 aliphatic carbocycles. The molecule has 3 nitrogen and oxygen atoms in total. The molecule has 1 aliphatic rings. The van der Waals surface area contributed by atoms with E-state index in [4.69, 9.17) is 0 Å². The van der Waals surface area contributed by atoms with Gasteiger partial charge in [-0.25, -0.2) is 0 Å². The van der Waals surface area contributed by atoms with Crippen LogP contribution in [0.1, 0.15) is 44.5 Å². The van der Waals surface area contributed by atoms with Crippen molar-refractivity contribution in [3.8, 4) is 0 Å². The van der Waals surface area contributed by atoms with Crippen molar-refractivity contribution < 1.29 is 4.79 Å². The molecule has 1 fully saturated rings. The highest BCUT2D eigenvalue weighted by atomic mass is 32.1. The molecule has 1 aromatic heterocycles. The van der Waals surface area contributed by atoms with Crippen LogP contribution in [0.4, 0.5) is 0 Å². The Balaban J connectivity index is 1.95. The first-order chi connectivity index (χ1) is 8.58. The van der Waals surface area contributed by atoms with E-state index in [2.05, 4.69) is 28.1 Å². The third-order valence-electron chi connectivity index (χ3n) is 3.20. The number of amides is 1. The van der Waals surface area contributed by atoms with Crippen LogP contribution in [0.2, 0.25) is 0 Å². The summed E-state index contributed by atoms with van der Waals surface area (Å²) in [7, 11) is 0. The Morgan fingerprint density at radius 1 is 1.39 bits per heavy atom. The third kappa shape index (κ3) is 3.56. The van der Waals surface area contributed by atoms with Gasteiger partial charge in [0, 0.05) is 17.0 Å². The monoisotopic (exact) mass is 266 g/mol. The second-order valence-electron chi connectivity index (χ2n) is 5.38. The molecular weight excluding hydrogens is 244 g/mol. The predicted molar refractivity (Wildman–Crippen MR) is 75.7 cm³/mol. The van der Waals surface area contributed by atoms with Crippen molar-refractivity contribution in [3.63, 3.8) is 0 Å². The first-order valence-electron chi connectivity index (χ1n) is 6.67. The Hall–Kier alpha value is -0.870. The molecule has 0 spiro atoms. The molecule has 0 aromatic carbocycles. The summed E-state index contributed by atoms with van der Waals surface area (Å²) >= 11 is 1.77. The lowest BCUT2D eigenvalue weighted by molar-refractivity contribution is -0.123. The second kappa shape index (κ2) is 5.85. The number of carbonyl (C=O) groups excluding carboxylic acids is 1. The van der Waals surface area contributed by atoms with Crippen LogP contribution in [0.15, 0.2) is 17.5 Å². The van der Waals surface area contributed by atoms with Gasteiger partial charge in [0.1, 0.15) is 0 Å². The van der Waals surface area contributed by atoms with Crippen molar-refractivity contribution in [1.82, 2.24) is 10.6 Å². The van der Waals surface area contributed by atoms with Gasteiger partial charge in [0.2, 0.25) is 5.91 Å². The first kappa shape index (κ1) is 13.6. The molecular formula is C14H22N2OS. The minimum absolute atomic E-state index is 0.0900. The lowest BCUT2D eigenvalue weighted by Crippen LogP contribution is -2.46. The summed E-state index contributed by atoms with van der Waals surface area (Å²) in [5.74, 6) is 0.796. The molecule has 2 atom stereocenters. The number of carbonyl (C=O) groups is 1. The van der Waals surface area contributed by atoms with Gasteiger partial charge in [0.15, 0.2) is 0 Å². The molecule has 1 saturated carbocycles. The molecule has 1 heterocycles. The summed E-state index contributed by atoms with van der Waals surface area (Å²) in [6.45, 7) is 5.92. The van der Waals surface area contributed by atoms with E-state index in [1.54, 1.807) is 11.3 Å². The highest BCUT2D eigenvalue weighted by molar-refractivity contribution is 7.10. The molecule has 100 valence electrons. The highest BCUT2D eigenvalue weighted by Crippen LogP contribution is 2.42. The van der Waals surface area contributed by atoms with Crippen LogP contribution < -0.4 is 10.6 Å². The predicted octanol–water partition coefficient (Wildman–Crippen LogP) is 2.70. The van der Waals surface area contributed by atoms with Gasteiger partial charge in [-0.2, -0.15) is 0 Å². The van der Waals surface area contributed by atoms with Crippen LogP contribution in [0, 0.1) is 5.92 Å². The highest BCUT2D eigenvalue weighted by Gasteiger charge is 2.34. The molecule has 2 rings (SSSR count). The summed E-state index contributed by atoms with van der Waals surface area (Å²) in [6.07, 6.45) is 2.54. The number of hydrogen-bond donors (Lipinski definition) is 2. The summed E-state index contributed by atoms with van der Waals surface area (Å²) in [6, 6.07) is 4.64. The third-order valence-corrected chi connectivity index (χ3v) is 4.15. The van der Waals surface area contributed by atoms with Crippen LogP contribution in [0.3, 0.4) is 0 Å². The van der Waals surface area contributed by atoms with Crippen molar-refractivity contribution >= 4 is 17.2 Å². The quantitative estimate of drug-likeness (QED) is 0.831. The van der Waals surface area contributed by atoms with Gasteiger partial charge < -0.3 is 5.32 Å². The Morgan fingerprint density at radius 3 is 2.61 bits per heavy atom. The molecule has 0 aliphatic heterocycles. The summed E-state index contributed by atoms with van der Waals surface area (Å²) in [5, 5.41) is 8.54. The van der Waals surface area contributed by atoms with Gasteiger partial charge in [-0.05, 0) is 51.0 Å². The first-order valence-corrected chi connectivity index (χ1v) is 7.55. The fourth-order valence-electron chi connectivity index (χ4n) is 2.10. The van der Waals surface area contributed by atoms with Crippen molar-refractivity contribution in [3.05, 3.63) is 22.4 Å². The smallest absolute Gasteiger partial charge is 0.237 e. The van der Waals surface area contributed by atoms with Crippen LogP contribution >= 0.6 is 11.3 Å². The van der Waals surface area contributed by atoms with Gasteiger partial charge in [-0.3, -0.25) is 10.1 Å². The second-order valence-corrected chi connectivity index (χ2v) is 6.36. The maximum atomic E-state index is 11.9. The van der Waals surface area contributed by atoms with Gasteiger partial charge in [-0.15, -0.1) is 11.3 Å². The van der Waals surface area contributed by atoms with Crippen LogP contribution in [0.25, 0.3) is 0 Å². The Labute approximate surface area is 113 Å². The van der Waals surface area contributed by atoms with Crippen LogP contribution in [-0.2, 0) is 4.79 Å². The Morgan fingerprint density at radius 2 is 2.11 bits per heavy atom. The molecule has 1 amide bonds. The van der Waals surface area contributed by atoms with Crippen molar-refractivity contribution in [2.24, 2.45) is 5.92 Å². The summed E-state index contributed by atoms with van der Waals surface area (Å²) in [4.78, 5) is 13.3. The SMILES string of the molecule is CC(C)NC(=O)C(C)NC(c1cccs1)C1CC1. The van der Waals surface area contributed by atoms with E-state index in [-0.39, 0.29) is 18.0 Å². The van der Waals surface area contributed by atoms with Crippen molar-refractivity contribution in [2.45, 2.75) is 51.7 Å². The van der Waals surface area contributed by atoms with E-state index in [1.165, 1.54) is 17.7 Å². The van der Waals surface area contributed by atoms with Crippen LogP contribution in [0.5, 0.6) is 0 Å². The molecule has 0 saturated heterocycles. The standard InChI is InChI=1S/C14H22N2OS/c1-9(2)15-14(17)10(3)16-13(11-6-7-11)12-5-4-8-18-12/h4-5,8-11,13,16H,6-7H2,1-3H3,(H,15,17). The average molecular weight is 266 g/mol. The maximum Gasteiger partial charge on any atom is 0.237 e. The van der Waals surface area contributed by atoms with E-state index in [0.717, 1.165) is 0 Å². The number of nitrogens with one attached hydrogen (secondary N) is 2. The zero-order valence-electron chi connectivity index (χ0n) is 11.3.